The van der Waals surface area contributed by atoms with Gasteiger partial charge in [0.25, 0.3) is 0 Å². The summed E-state index contributed by atoms with van der Waals surface area (Å²) in [6.07, 6.45) is 0. The van der Waals surface area contributed by atoms with Crippen molar-refractivity contribution in [2.24, 2.45) is 0 Å². The van der Waals surface area contributed by atoms with E-state index in [-0.39, 0.29) is 0 Å². The Morgan fingerprint density at radius 3 is 1.94 bits per heavy atom. The highest BCUT2D eigenvalue weighted by Crippen LogP contribution is 2.35. The molecule has 0 amide bonds. The van der Waals surface area contributed by atoms with E-state index < -0.39 is 16.1 Å². The molecule has 0 aliphatic carbocycles. The third-order valence-corrected chi connectivity index (χ3v) is 12.2. The average molecular weight is 268 g/mol. The van der Waals surface area contributed by atoms with Crippen molar-refractivity contribution in [2.45, 2.75) is 44.4 Å². The molecular formula is C13H25NOSi2. The number of ether oxygens (including phenoxy) is 1. The lowest BCUT2D eigenvalue weighted by Crippen LogP contribution is -2.46. The molecule has 1 rings (SSSR count). The molecule has 0 fully saturated rings. The number of hydrogen-bond acceptors (Lipinski definition) is 2. The SMILES string of the molecule is COc1cccc(C([Si](C)(C)C)[Si](C)(C)C)n1. The molecule has 0 radical (unpaired) electrons. The van der Waals surface area contributed by atoms with E-state index in [9.17, 15) is 0 Å². The Kier molecular flexibility index (Phi) is 4.20. The van der Waals surface area contributed by atoms with Gasteiger partial charge in [0, 0.05) is 11.8 Å². The molecule has 2 nitrogen and oxygen atoms in total. The van der Waals surface area contributed by atoms with Gasteiger partial charge in [-0.2, -0.15) is 0 Å². The third kappa shape index (κ3) is 3.67. The Hall–Kier alpha value is -0.616. The number of rotatable bonds is 4. The molecule has 0 saturated carbocycles. The Bertz CT molecular complexity index is 366. The first-order valence-corrected chi connectivity index (χ1v) is 13.3. The molecule has 0 N–H and O–H groups in total. The average Bonchev–Trinajstić information content (AvgIpc) is 2.13. The van der Waals surface area contributed by atoms with Gasteiger partial charge in [0.1, 0.15) is 0 Å². The van der Waals surface area contributed by atoms with Crippen LogP contribution < -0.4 is 4.74 Å². The molecule has 0 atom stereocenters. The minimum absolute atomic E-state index is 0.671. The van der Waals surface area contributed by atoms with Crippen molar-refractivity contribution in [3.05, 3.63) is 23.9 Å². The summed E-state index contributed by atoms with van der Waals surface area (Å²) in [5, 5.41) is 0.671. The second-order valence-electron chi connectivity index (χ2n) is 6.77. The molecule has 0 saturated heterocycles. The standard InChI is InChI=1S/C13H25NOSi2/c1-15-12-10-8-9-11(14-12)13(16(2,3)4)17(5,6)7/h8-10,13H,1-7H3. The van der Waals surface area contributed by atoms with E-state index in [1.807, 2.05) is 6.07 Å². The monoisotopic (exact) mass is 267 g/mol. The summed E-state index contributed by atoms with van der Waals surface area (Å²) >= 11 is 0. The van der Waals surface area contributed by atoms with Crippen LogP contribution in [0, 0.1) is 0 Å². The summed E-state index contributed by atoms with van der Waals surface area (Å²) in [7, 11) is -0.825. The van der Waals surface area contributed by atoms with E-state index in [2.05, 4.69) is 56.4 Å². The van der Waals surface area contributed by atoms with Crippen LogP contribution >= 0.6 is 0 Å². The minimum atomic E-state index is -1.25. The van der Waals surface area contributed by atoms with E-state index in [1.165, 1.54) is 5.69 Å². The maximum Gasteiger partial charge on any atom is 0.213 e. The molecule has 1 aromatic heterocycles. The number of hydrogen-bond donors (Lipinski definition) is 0. The molecule has 1 aromatic rings. The van der Waals surface area contributed by atoms with Gasteiger partial charge in [0.15, 0.2) is 0 Å². The fraction of sp³-hybridized carbons (Fsp3) is 0.615. The van der Waals surface area contributed by atoms with E-state index in [4.69, 9.17) is 4.74 Å². The van der Waals surface area contributed by atoms with Crippen LogP contribution in [-0.2, 0) is 0 Å². The number of nitrogens with zero attached hydrogens (tertiary/aromatic N) is 1. The Balaban J connectivity index is 3.23. The highest BCUT2D eigenvalue weighted by Gasteiger charge is 2.39. The van der Waals surface area contributed by atoms with E-state index in [1.54, 1.807) is 7.11 Å². The van der Waals surface area contributed by atoms with Gasteiger partial charge in [0.2, 0.25) is 5.88 Å². The predicted molar refractivity (Wildman–Crippen MR) is 80.2 cm³/mol. The summed E-state index contributed by atoms with van der Waals surface area (Å²) in [5.41, 5.74) is 1.24. The summed E-state index contributed by atoms with van der Waals surface area (Å²) < 4.78 is 5.25. The normalized spacial score (nSPS) is 12.9. The molecule has 0 aliphatic rings. The zero-order valence-corrected chi connectivity index (χ0v) is 14.2. The van der Waals surface area contributed by atoms with Crippen LogP contribution in [0.1, 0.15) is 10.9 Å². The van der Waals surface area contributed by atoms with Crippen molar-refractivity contribution in [1.29, 1.82) is 0 Å². The van der Waals surface area contributed by atoms with Crippen LogP contribution in [0.15, 0.2) is 18.2 Å². The van der Waals surface area contributed by atoms with Crippen LogP contribution in [0.25, 0.3) is 0 Å². The second-order valence-corrected chi connectivity index (χ2v) is 18.0. The van der Waals surface area contributed by atoms with Crippen molar-refractivity contribution in [2.75, 3.05) is 7.11 Å². The van der Waals surface area contributed by atoms with Crippen molar-refractivity contribution >= 4 is 16.1 Å². The van der Waals surface area contributed by atoms with Gasteiger partial charge in [-0.1, -0.05) is 45.3 Å². The van der Waals surface area contributed by atoms with Crippen molar-refractivity contribution in [3.63, 3.8) is 0 Å². The Labute approximate surface area is 107 Å². The van der Waals surface area contributed by atoms with Crippen molar-refractivity contribution in [1.82, 2.24) is 4.98 Å². The topological polar surface area (TPSA) is 22.1 Å². The molecule has 0 aromatic carbocycles. The Morgan fingerprint density at radius 1 is 1.00 bits per heavy atom. The smallest absolute Gasteiger partial charge is 0.213 e. The third-order valence-electron chi connectivity index (χ3n) is 2.98. The first kappa shape index (κ1) is 14.4. The van der Waals surface area contributed by atoms with Crippen LogP contribution in [-0.4, -0.2) is 28.2 Å². The summed E-state index contributed by atoms with van der Waals surface area (Å²) in [6, 6.07) is 6.16. The van der Waals surface area contributed by atoms with Crippen LogP contribution in [0.2, 0.25) is 39.3 Å². The van der Waals surface area contributed by atoms with Gasteiger partial charge in [-0.25, -0.2) is 4.98 Å². The van der Waals surface area contributed by atoms with Gasteiger partial charge in [-0.15, -0.1) is 0 Å². The van der Waals surface area contributed by atoms with Gasteiger partial charge in [0.05, 0.1) is 23.3 Å². The lowest BCUT2D eigenvalue weighted by molar-refractivity contribution is 0.396. The maximum absolute atomic E-state index is 5.25. The number of aromatic nitrogens is 1. The Morgan fingerprint density at radius 2 is 1.53 bits per heavy atom. The zero-order valence-electron chi connectivity index (χ0n) is 12.2. The van der Waals surface area contributed by atoms with Crippen LogP contribution in [0.3, 0.4) is 0 Å². The van der Waals surface area contributed by atoms with Gasteiger partial charge in [-0.05, 0) is 11.2 Å². The maximum atomic E-state index is 5.25. The summed E-state index contributed by atoms with van der Waals surface area (Å²) in [6.45, 7) is 14.6. The van der Waals surface area contributed by atoms with Crippen molar-refractivity contribution in [3.8, 4) is 5.88 Å². The second kappa shape index (κ2) is 4.94. The largest absolute Gasteiger partial charge is 0.481 e. The first-order chi connectivity index (χ1) is 7.66. The van der Waals surface area contributed by atoms with Crippen LogP contribution in [0.4, 0.5) is 0 Å². The van der Waals surface area contributed by atoms with Crippen molar-refractivity contribution < 1.29 is 4.74 Å². The fourth-order valence-corrected chi connectivity index (χ4v) is 15.4. The van der Waals surface area contributed by atoms with E-state index in [0.717, 1.165) is 5.88 Å². The highest BCUT2D eigenvalue weighted by atomic mass is 28.4. The molecule has 0 aliphatic heterocycles. The first-order valence-electron chi connectivity index (χ1n) is 6.17. The minimum Gasteiger partial charge on any atom is -0.481 e. The molecule has 1 heterocycles. The molecule has 0 spiro atoms. The molecule has 17 heavy (non-hydrogen) atoms. The summed E-state index contributed by atoms with van der Waals surface area (Å²) in [5.74, 6) is 0.740. The molecular weight excluding hydrogens is 242 g/mol. The van der Waals surface area contributed by atoms with Gasteiger partial charge >= 0.3 is 0 Å². The molecule has 0 bridgehead atoms. The summed E-state index contributed by atoms with van der Waals surface area (Å²) in [4.78, 5) is 4.67. The lowest BCUT2D eigenvalue weighted by atomic mass is 10.4. The van der Waals surface area contributed by atoms with Gasteiger partial charge in [-0.3, -0.25) is 0 Å². The number of methoxy groups -OCH3 is 1. The van der Waals surface area contributed by atoms with Crippen LogP contribution in [0.5, 0.6) is 5.88 Å². The predicted octanol–water partition coefficient (Wildman–Crippen LogP) is 3.93. The molecule has 4 heteroatoms. The number of pyridine rings is 1. The van der Waals surface area contributed by atoms with E-state index >= 15 is 0 Å². The van der Waals surface area contributed by atoms with E-state index in [0.29, 0.717) is 5.16 Å². The molecule has 0 unspecified atom stereocenters. The fourth-order valence-electron chi connectivity index (χ4n) is 2.89. The molecule has 96 valence electrons. The van der Waals surface area contributed by atoms with Gasteiger partial charge < -0.3 is 4.74 Å². The quantitative estimate of drug-likeness (QED) is 0.771. The zero-order chi connectivity index (χ0) is 13.3. The lowest BCUT2D eigenvalue weighted by Gasteiger charge is -2.37. The highest BCUT2D eigenvalue weighted by molar-refractivity contribution is 6.96.